The number of sulfone groups is 1. The Hall–Kier alpha value is -0.780. The van der Waals surface area contributed by atoms with Gasteiger partial charge in [-0.1, -0.05) is 6.07 Å². The van der Waals surface area contributed by atoms with E-state index in [1.165, 1.54) is 7.11 Å². The highest BCUT2D eigenvalue weighted by Gasteiger charge is 2.23. The molecule has 2 rings (SSSR count). The molecule has 0 radical (unpaired) electrons. The van der Waals surface area contributed by atoms with Gasteiger partial charge in [-0.15, -0.1) is 12.4 Å². The maximum Gasteiger partial charge on any atom is 0.178 e. The zero-order chi connectivity index (χ0) is 13.0. The average Bonchev–Trinajstić information content (AvgIpc) is 2.39. The predicted molar refractivity (Wildman–Crippen MR) is 77.9 cm³/mol. The van der Waals surface area contributed by atoms with Gasteiger partial charge < -0.3 is 10.1 Å². The standard InChI is InChI=1S/C13H19NO3S.ClH/c1-17-12-5-2-6-13(8-12)18(15,16)10-11-4-3-7-14-9-11;/h2,5-6,8,11,14H,3-4,7,9-10H2,1H3;1H. The van der Waals surface area contributed by atoms with E-state index in [9.17, 15) is 8.42 Å². The number of benzene rings is 1. The lowest BCUT2D eigenvalue weighted by Crippen LogP contribution is -2.33. The number of rotatable bonds is 4. The van der Waals surface area contributed by atoms with Gasteiger partial charge in [-0.2, -0.15) is 0 Å². The summed E-state index contributed by atoms with van der Waals surface area (Å²) in [6, 6.07) is 6.69. The zero-order valence-corrected chi connectivity index (χ0v) is 12.6. The van der Waals surface area contributed by atoms with Gasteiger partial charge in [0.2, 0.25) is 0 Å². The Balaban J connectivity index is 0.00000180. The van der Waals surface area contributed by atoms with E-state index in [4.69, 9.17) is 4.74 Å². The lowest BCUT2D eigenvalue weighted by molar-refractivity contribution is 0.403. The Morgan fingerprint density at radius 2 is 2.21 bits per heavy atom. The molecule has 108 valence electrons. The van der Waals surface area contributed by atoms with Crippen LogP contribution in [0, 0.1) is 5.92 Å². The molecule has 6 heteroatoms. The monoisotopic (exact) mass is 305 g/mol. The number of hydrogen-bond acceptors (Lipinski definition) is 4. The van der Waals surface area contributed by atoms with Crippen LogP contribution in [0.25, 0.3) is 0 Å². The largest absolute Gasteiger partial charge is 0.497 e. The van der Waals surface area contributed by atoms with Crippen LogP contribution in [0.4, 0.5) is 0 Å². The van der Waals surface area contributed by atoms with Crippen molar-refractivity contribution in [1.82, 2.24) is 5.32 Å². The summed E-state index contributed by atoms with van der Waals surface area (Å²) in [7, 11) is -1.67. The van der Waals surface area contributed by atoms with Crippen LogP contribution in [0.1, 0.15) is 12.8 Å². The number of ether oxygens (including phenoxy) is 1. The van der Waals surface area contributed by atoms with Gasteiger partial charge in [-0.3, -0.25) is 0 Å². The van der Waals surface area contributed by atoms with E-state index < -0.39 is 9.84 Å². The van der Waals surface area contributed by atoms with Gasteiger partial charge in [0.15, 0.2) is 9.84 Å². The molecule has 1 aliphatic rings. The lowest BCUT2D eigenvalue weighted by atomic mass is 10.0. The molecule has 0 saturated carbocycles. The molecule has 1 heterocycles. The van der Waals surface area contributed by atoms with Crippen molar-refractivity contribution in [2.45, 2.75) is 17.7 Å². The lowest BCUT2D eigenvalue weighted by Gasteiger charge is -2.22. The summed E-state index contributed by atoms with van der Waals surface area (Å²) in [4.78, 5) is 0.354. The van der Waals surface area contributed by atoms with E-state index in [1.807, 2.05) is 0 Å². The molecule has 1 aliphatic heterocycles. The van der Waals surface area contributed by atoms with Crippen LogP contribution in [0.3, 0.4) is 0 Å². The average molecular weight is 306 g/mol. The fourth-order valence-corrected chi connectivity index (χ4v) is 3.95. The van der Waals surface area contributed by atoms with E-state index in [0.29, 0.717) is 10.6 Å². The molecule has 0 amide bonds. The third-order valence-electron chi connectivity index (χ3n) is 3.25. The first-order valence-electron chi connectivity index (χ1n) is 6.19. The highest BCUT2D eigenvalue weighted by atomic mass is 35.5. The molecule has 1 fully saturated rings. The summed E-state index contributed by atoms with van der Waals surface area (Å²) in [5.74, 6) is 1.01. The van der Waals surface area contributed by atoms with Crippen LogP contribution in [0.5, 0.6) is 5.75 Å². The molecule has 0 spiro atoms. The minimum atomic E-state index is -3.21. The van der Waals surface area contributed by atoms with Crippen molar-refractivity contribution >= 4 is 22.2 Å². The van der Waals surface area contributed by atoms with E-state index in [1.54, 1.807) is 24.3 Å². The Bertz CT molecular complexity index is 498. The summed E-state index contributed by atoms with van der Waals surface area (Å²) in [6.45, 7) is 1.79. The molecule has 1 N–H and O–H groups in total. The second kappa shape index (κ2) is 7.12. The van der Waals surface area contributed by atoms with Crippen molar-refractivity contribution in [1.29, 1.82) is 0 Å². The Morgan fingerprint density at radius 1 is 1.42 bits per heavy atom. The highest BCUT2D eigenvalue weighted by Crippen LogP contribution is 2.22. The summed E-state index contributed by atoms with van der Waals surface area (Å²) < 4.78 is 29.6. The topological polar surface area (TPSA) is 55.4 Å². The maximum absolute atomic E-state index is 12.3. The first-order valence-corrected chi connectivity index (χ1v) is 7.84. The molecular weight excluding hydrogens is 286 g/mol. The number of methoxy groups -OCH3 is 1. The number of hydrogen-bond donors (Lipinski definition) is 1. The van der Waals surface area contributed by atoms with Crippen LogP contribution in [0.15, 0.2) is 29.2 Å². The smallest absolute Gasteiger partial charge is 0.178 e. The van der Waals surface area contributed by atoms with Crippen molar-refractivity contribution in [3.8, 4) is 5.75 Å². The third kappa shape index (κ3) is 4.37. The minimum absolute atomic E-state index is 0. The van der Waals surface area contributed by atoms with Gasteiger partial charge in [0.05, 0.1) is 17.8 Å². The molecule has 1 aromatic rings. The molecular formula is C13H20ClNO3S. The quantitative estimate of drug-likeness (QED) is 0.923. The summed E-state index contributed by atoms with van der Waals surface area (Å²) in [6.07, 6.45) is 2.04. The van der Waals surface area contributed by atoms with Crippen molar-refractivity contribution in [3.63, 3.8) is 0 Å². The van der Waals surface area contributed by atoms with Gasteiger partial charge in [0.25, 0.3) is 0 Å². The molecule has 4 nitrogen and oxygen atoms in total. The number of nitrogens with one attached hydrogen (secondary N) is 1. The molecule has 0 aromatic heterocycles. The van der Waals surface area contributed by atoms with E-state index in [2.05, 4.69) is 5.32 Å². The van der Waals surface area contributed by atoms with E-state index in [-0.39, 0.29) is 24.1 Å². The van der Waals surface area contributed by atoms with Gasteiger partial charge in [-0.05, 0) is 50.0 Å². The summed E-state index contributed by atoms with van der Waals surface area (Å²) >= 11 is 0. The van der Waals surface area contributed by atoms with Crippen LogP contribution in [-0.2, 0) is 9.84 Å². The Kier molecular flexibility index (Phi) is 6.10. The zero-order valence-electron chi connectivity index (χ0n) is 11.0. The van der Waals surface area contributed by atoms with Crippen LogP contribution in [0.2, 0.25) is 0 Å². The molecule has 1 aromatic carbocycles. The van der Waals surface area contributed by atoms with Gasteiger partial charge in [-0.25, -0.2) is 8.42 Å². The second-order valence-corrected chi connectivity index (χ2v) is 6.71. The third-order valence-corrected chi connectivity index (χ3v) is 5.14. The summed E-state index contributed by atoms with van der Waals surface area (Å²) in [5.41, 5.74) is 0. The number of piperidine rings is 1. The molecule has 0 aliphatic carbocycles. The first-order chi connectivity index (χ1) is 8.62. The van der Waals surface area contributed by atoms with Crippen LogP contribution in [-0.4, -0.2) is 34.4 Å². The summed E-state index contributed by atoms with van der Waals surface area (Å²) in [5, 5.41) is 3.24. The highest BCUT2D eigenvalue weighted by molar-refractivity contribution is 7.91. The fraction of sp³-hybridized carbons (Fsp3) is 0.538. The maximum atomic E-state index is 12.3. The minimum Gasteiger partial charge on any atom is -0.497 e. The first kappa shape index (κ1) is 16.3. The Labute approximate surface area is 120 Å². The fourth-order valence-electron chi connectivity index (χ4n) is 2.27. The van der Waals surface area contributed by atoms with Crippen molar-refractivity contribution in [2.75, 3.05) is 26.0 Å². The van der Waals surface area contributed by atoms with Gasteiger partial charge in [0, 0.05) is 0 Å². The van der Waals surface area contributed by atoms with Crippen molar-refractivity contribution in [2.24, 2.45) is 5.92 Å². The Morgan fingerprint density at radius 3 is 2.84 bits per heavy atom. The molecule has 1 atom stereocenters. The normalized spacial score (nSPS) is 19.5. The van der Waals surface area contributed by atoms with E-state index >= 15 is 0 Å². The second-order valence-electron chi connectivity index (χ2n) is 4.67. The van der Waals surface area contributed by atoms with Crippen molar-refractivity contribution < 1.29 is 13.2 Å². The predicted octanol–water partition coefficient (Wildman–Crippen LogP) is 1.89. The SMILES string of the molecule is COc1cccc(S(=O)(=O)CC2CCCNC2)c1.Cl. The molecule has 1 unspecified atom stereocenters. The molecule has 0 bridgehead atoms. The van der Waals surface area contributed by atoms with Gasteiger partial charge >= 0.3 is 0 Å². The van der Waals surface area contributed by atoms with Gasteiger partial charge in [0.1, 0.15) is 5.75 Å². The molecule has 19 heavy (non-hydrogen) atoms. The number of halogens is 1. The van der Waals surface area contributed by atoms with Crippen molar-refractivity contribution in [3.05, 3.63) is 24.3 Å². The molecule has 1 saturated heterocycles. The van der Waals surface area contributed by atoms with Crippen LogP contribution < -0.4 is 10.1 Å². The van der Waals surface area contributed by atoms with E-state index in [0.717, 1.165) is 25.9 Å². The van der Waals surface area contributed by atoms with Crippen LogP contribution >= 0.6 is 12.4 Å².